The van der Waals surface area contributed by atoms with Gasteiger partial charge in [-0.3, -0.25) is 4.98 Å². The smallest absolute Gasteiger partial charge is 0.137 e. The van der Waals surface area contributed by atoms with Gasteiger partial charge in [-0.05, 0) is 52.2 Å². The zero-order valence-corrected chi connectivity index (χ0v) is 12.0. The van der Waals surface area contributed by atoms with Gasteiger partial charge in [-0.25, -0.2) is 4.39 Å². The molecule has 2 N–H and O–H groups in total. The average Bonchev–Trinajstić information content (AvgIpc) is 2.42. The summed E-state index contributed by atoms with van der Waals surface area (Å²) in [4.78, 5) is 4.10. The minimum absolute atomic E-state index is 0.308. The molecule has 1 unspecified atom stereocenters. The summed E-state index contributed by atoms with van der Waals surface area (Å²) in [6, 6.07) is 6.20. The molecule has 0 spiro atoms. The van der Waals surface area contributed by atoms with Crippen molar-refractivity contribution in [3.8, 4) is 5.75 Å². The quantitative estimate of drug-likeness (QED) is 0.937. The molecule has 1 heterocycles. The molecule has 19 heavy (non-hydrogen) atoms. The van der Waals surface area contributed by atoms with Gasteiger partial charge in [0.05, 0.1) is 23.3 Å². The van der Waals surface area contributed by atoms with Crippen molar-refractivity contribution in [1.82, 2.24) is 4.98 Å². The molecule has 2 rings (SSSR count). The second-order valence-corrected chi connectivity index (χ2v) is 4.89. The summed E-state index contributed by atoms with van der Waals surface area (Å²) in [5, 5.41) is 0. The maximum Gasteiger partial charge on any atom is 0.137 e. The number of nitrogens with zero attached hydrogens (tertiary/aromatic N) is 1. The third kappa shape index (κ3) is 3.30. The van der Waals surface area contributed by atoms with E-state index in [1.807, 2.05) is 13.0 Å². The predicted octanol–water partition coefficient (Wildman–Crippen LogP) is 3.43. The summed E-state index contributed by atoms with van der Waals surface area (Å²) in [5.74, 6) is 0.369. The first-order valence-corrected chi connectivity index (χ1v) is 6.69. The second kappa shape index (κ2) is 6.12. The standard InChI is InChI=1S/C14H14BrFN2O/c1-2-19-11-5-10(7-18-8-11)14(17)9-3-4-13(16)12(15)6-9/h3-8,14H,2,17H2,1H3. The van der Waals surface area contributed by atoms with E-state index in [1.165, 1.54) is 6.07 Å². The molecule has 0 bridgehead atoms. The number of nitrogens with two attached hydrogens (primary N) is 1. The monoisotopic (exact) mass is 324 g/mol. The van der Waals surface area contributed by atoms with Crippen LogP contribution < -0.4 is 10.5 Å². The van der Waals surface area contributed by atoms with Crippen LogP contribution in [-0.4, -0.2) is 11.6 Å². The van der Waals surface area contributed by atoms with Gasteiger partial charge in [0.15, 0.2) is 0 Å². The normalized spacial score (nSPS) is 12.2. The van der Waals surface area contributed by atoms with Crippen molar-refractivity contribution in [1.29, 1.82) is 0 Å². The Hall–Kier alpha value is -1.46. The highest BCUT2D eigenvalue weighted by atomic mass is 79.9. The largest absolute Gasteiger partial charge is 0.492 e. The molecule has 1 atom stereocenters. The molecule has 1 aromatic carbocycles. The number of ether oxygens (including phenoxy) is 1. The third-order valence-electron chi connectivity index (χ3n) is 2.71. The van der Waals surface area contributed by atoms with E-state index >= 15 is 0 Å². The molecule has 0 aliphatic heterocycles. The van der Waals surface area contributed by atoms with Crippen molar-refractivity contribution in [2.45, 2.75) is 13.0 Å². The topological polar surface area (TPSA) is 48.1 Å². The van der Waals surface area contributed by atoms with Gasteiger partial charge in [-0.15, -0.1) is 0 Å². The Morgan fingerprint density at radius 2 is 2.11 bits per heavy atom. The summed E-state index contributed by atoms with van der Waals surface area (Å²) >= 11 is 3.16. The van der Waals surface area contributed by atoms with E-state index in [0.717, 1.165) is 11.1 Å². The highest BCUT2D eigenvalue weighted by molar-refractivity contribution is 9.10. The fraction of sp³-hybridized carbons (Fsp3) is 0.214. The van der Waals surface area contributed by atoms with Crippen LogP contribution in [-0.2, 0) is 0 Å². The molecule has 2 aromatic rings. The number of aromatic nitrogens is 1. The van der Waals surface area contributed by atoms with Crippen molar-refractivity contribution >= 4 is 15.9 Å². The van der Waals surface area contributed by atoms with Crippen LogP contribution in [0.5, 0.6) is 5.75 Å². The van der Waals surface area contributed by atoms with Crippen molar-refractivity contribution < 1.29 is 9.13 Å². The lowest BCUT2D eigenvalue weighted by Crippen LogP contribution is -2.12. The first-order chi connectivity index (χ1) is 9.11. The second-order valence-electron chi connectivity index (χ2n) is 4.04. The first-order valence-electron chi connectivity index (χ1n) is 5.90. The van der Waals surface area contributed by atoms with Crippen LogP contribution in [0.25, 0.3) is 0 Å². The van der Waals surface area contributed by atoms with Crippen LogP contribution in [0.3, 0.4) is 0 Å². The van der Waals surface area contributed by atoms with Crippen molar-refractivity contribution in [3.05, 3.63) is 58.1 Å². The lowest BCUT2D eigenvalue weighted by molar-refractivity contribution is 0.338. The molecule has 0 aliphatic carbocycles. The van der Waals surface area contributed by atoms with Gasteiger partial charge in [0.25, 0.3) is 0 Å². The maximum atomic E-state index is 13.2. The highest BCUT2D eigenvalue weighted by Gasteiger charge is 2.12. The van der Waals surface area contributed by atoms with Crippen LogP contribution in [0, 0.1) is 5.82 Å². The third-order valence-corrected chi connectivity index (χ3v) is 3.31. The Labute approximate surface area is 119 Å². The Morgan fingerprint density at radius 1 is 1.32 bits per heavy atom. The van der Waals surface area contributed by atoms with Gasteiger partial charge in [-0.1, -0.05) is 6.07 Å². The SMILES string of the molecule is CCOc1cncc(C(N)c2ccc(F)c(Br)c2)c1. The highest BCUT2D eigenvalue weighted by Crippen LogP contribution is 2.25. The molecule has 0 fully saturated rings. The van der Waals surface area contributed by atoms with Gasteiger partial charge in [-0.2, -0.15) is 0 Å². The fourth-order valence-corrected chi connectivity index (χ4v) is 2.15. The number of halogens is 2. The minimum atomic E-state index is -0.371. The average molecular weight is 325 g/mol. The molecule has 100 valence electrons. The van der Waals surface area contributed by atoms with Crippen LogP contribution in [0.2, 0.25) is 0 Å². The molecular formula is C14H14BrFN2O. The van der Waals surface area contributed by atoms with Gasteiger partial charge < -0.3 is 10.5 Å². The molecule has 0 saturated carbocycles. The molecule has 0 amide bonds. The fourth-order valence-electron chi connectivity index (χ4n) is 1.75. The van der Waals surface area contributed by atoms with E-state index < -0.39 is 0 Å². The Morgan fingerprint density at radius 3 is 2.79 bits per heavy atom. The Bertz CT molecular complexity index is 577. The Kier molecular flexibility index (Phi) is 4.50. The van der Waals surface area contributed by atoms with Gasteiger partial charge in [0.2, 0.25) is 0 Å². The molecule has 1 aromatic heterocycles. The minimum Gasteiger partial charge on any atom is -0.492 e. The van der Waals surface area contributed by atoms with E-state index in [2.05, 4.69) is 20.9 Å². The number of hydrogen-bond donors (Lipinski definition) is 1. The van der Waals surface area contributed by atoms with E-state index in [0.29, 0.717) is 16.8 Å². The summed E-state index contributed by atoms with van der Waals surface area (Å²) in [6.45, 7) is 2.48. The van der Waals surface area contributed by atoms with Crippen molar-refractivity contribution in [3.63, 3.8) is 0 Å². The lowest BCUT2D eigenvalue weighted by Gasteiger charge is -2.14. The Balaban J connectivity index is 2.29. The summed E-state index contributed by atoms with van der Waals surface area (Å²) in [5.41, 5.74) is 7.79. The maximum absolute atomic E-state index is 13.2. The molecule has 3 nitrogen and oxygen atoms in total. The van der Waals surface area contributed by atoms with Gasteiger partial charge in [0, 0.05) is 6.20 Å². The number of pyridine rings is 1. The van der Waals surface area contributed by atoms with Crippen LogP contribution in [0.15, 0.2) is 41.1 Å². The molecule has 0 saturated heterocycles. The van der Waals surface area contributed by atoms with Gasteiger partial charge >= 0.3 is 0 Å². The molecular weight excluding hydrogens is 311 g/mol. The zero-order valence-electron chi connectivity index (χ0n) is 10.4. The summed E-state index contributed by atoms with van der Waals surface area (Å²) in [7, 11) is 0. The number of rotatable bonds is 4. The summed E-state index contributed by atoms with van der Waals surface area (Å²) < 4.78 is 19.0. The summed E-state index contributed by atoms with van der Waals surface area (Å²) in [6.07, 6.45) is 3.32. The number of benzene rings is 1. The van der Waals surface area contributed by atoms with Crippen molar-refractivity contribution in [2.24, 2.45) is 5.73 Å². The van der Waals surface area contributed by atoms with Crippen LogP contribution >= 0.6 is 15.9 Å². The van der Waals surface area contributed by atoms with E-state index in [4.69, 9.17) is 10.5 Å². The van der Waals surface area contributed by atoms with Crippen LogP contribution in [0.4, 0.5) is 4.39 Å². The van der Waals surface area contributed by atoms with Crippen LogP contribution in [0.1, 0.15) is 24.1 Å². The van der Waals surface area contributed by atoms with Crippen molar-refractivity contribution in [2.75, 3.05) is 6.61 Å². The zero-order chi connectivity index (χ0) is 13.8. The van der Waals surface area contributed by atoms with E-state index in [-0.39, 0.29) is 11.9 Å². The number of hydrogen-bond acceptors (Lipinski definition) is 3. The molecule has 0 radical (unpaired) electrons. The van der Waals surface area contributed by atoms with Gasteiger partial charge in [0.1, 0.15) is 11.6 Å². The molecule has 0 aliphatic rings. The first kappa shape index (κ1) is 14.0. The lowest BCUT2D eigenvalue weighted by atomic mass is 10.0. The molecule has 5 heteroatoms. The predicted molar refractivity (Wildman–Crippen MR) is 75.5 cm³/mol. The van der Waals surface area contributed by atoms with E-state index in [9.17, 15) is 4.39 Å². The van der Waals surface area contributed by atoms with E-state index in [1.54, 1.807) is 24.5 Å².